The van der Waals surface area contributed by atoms with E-state index < -0.39 is 0 Å². The Morgan fingerprint density at radius 2 is 1.83 bits per heavy atom. The number of hydrogen-bond donors (Lipinski definition) is 4. The van der Waals surface area contributed by atoms with E-state index in [0.717, 1.165) is 22.5 Å². The van der Waals surface area contributed by atoms with Crippen molar-refractivity contribution in [2.45, 2.75) is 13.0 Å². The fourth-order valence-corrected chi connectivity index (χ4v) is 3.38. The Bertz CT molecular complexity index is 1060. The molecule has 6 nitrogen and oxygen atoms in total. The quantitative estimate of drug-likeness (QED) is 0.370. The summed E-state index contributed by atoms with van der Waals surface area (Å²) in [7, 11) is 3.67. The van der Waals surface area contributed by atoms with E-state index in [4.69, 9.17) is 23.2 Å². The largest absolute Gasteiger partial charge is 0.388 e. The van der Waals surface area contributed by atoms with Crippen LogP contribution < -0.4 is 16.0 Å². The van der Waals surface area contributed by atoms with Gasteiger partial charge in [-0.05, 0) is 48.9 Å². The molecule has 2 aromatic carbocycles. The number of aromatic amines is 1. The Morgan fingerprint density at radius 3 is 2.50 bits per heavy atom. The van der Waals surface area contributed by atoms with Crippen LogP contribution in [0.2, 0.25) is 10.2 Å². The molecule has 1 heterocycles. The maximum atomic E-state index is 12.4. The molecule has 0 spiro atoms. The molecular formula is C22H23Cl2N5O. The maximum Gasteiger partial charge on any atom is 0.244 e. The highest BCUT2D eigenvalue weighted by molar-refractivity contribution is 6.32. The van der Waals surface area contributed by atoms with Gasteiger partial charge in [0, 0.05) is 42.1 Å². The lowest BCUT2D eigenvalue weighted by Gasteiger charge is -2.10. The van der Waals surface area contributed by atoms with Crippen LogP contribution in [0.15, 0.2) is 48.5 Å². The molecule has 0 saturated carbocycles. The first-order chi connectivity index (χ1) is 14.4. The third-order valence-corrected chi connectivity index (χ3v) is 5.10. The second-order valence-corrected chi connectivity index (χ2v) is 7.47. The van der Waals surface area contributed by atoms with Crippen molar-refractivity contribution in [1.29, 1.82) is 0 Å². The highest BCUT2D eigenvalue weighted by Crippen LogP contribution is 2.28. The summed E-state index contributed by atoms with van der Waals surface area (Å²) in [6.45, 7) is 1.84. The SMILES string of the molecule is CNc1ccc(-c2nc([C@H](C)NC(=O)/C=C/c3cc(Cl)ccc3NC)[nH]c2Cl)cc1. The minimum absolute atomic E-state index is 0.253. The van der Waals surface area contributed by atoms with Crippen molar-refractivity contribution in [3.8, 4) is 11.3 Å². The van der Waals surface area contributed by atoms with E-state index in [0.29, 0.717) is 21.7 Å². The molecule has 0 saturated heterocycles. The van der Waals surface area contributed by atoms with Crippen LogP contribution >= 0.6 is 23.2 Å². The molecule has 8 heteroatoms. The van der Waals surface area contributed by atoms with Crippen molar-refractivity contribution in [2.75, 3.05) is 24.7 Å². The van der Waals surface area contributed by atoms with Gasteiger partial charge in [-0.15, -0.1) is 0 Å². The molecule has 0 aliphatic rings. The average Bonchev–Trinajstić information content (AvgIpc) is 3.14. The number of H-pyrrole nitrogens is 1. The van der Waals surface area contributed by atoms with Gasteiger partial charge in [0.2, 0.25) is 5.91 Å². The second-order valence-electron chi connectivity index (χ2n) is 6.66. The first-order valence-electron chi connectivity index (χ1n) is 9.40. The van der Waals surface area contributed by atoms with Crippen LogP contribution in [-0.2, 0) is 4.79 Å². The number of imidazole rings is 1. The molecule has 0 bridgehead atoms. The monoisotopic (exact) mass is 443 g/mol. The third kappa shape index (κ3) is 5.14. The van der Waals surface area contributed by atoms with Gasteiger partial charge in [-0.2, -0.15) is 0 Å². The number of halogens is 2. The molecule has 0 unspecified atom stereocenters. The highest BCUT2D eigenvalue weighted by Gasteiger charge is 2.16. The van der Waals surface area contributed by atoms with Crippen LogP contribution in [0.3, 0.4) is 0 Å². The summed E-state index contributed by atoms with van der Waals surface area (Å²) in [5.41, 5.74) is 4.23. The number of nitrogens with one attached hydrogen (secondary N) is 4. The van der Waals surface area contributed by atoms with E-state index in [-0.39, 0.29) is 11.9 Å². The third-order valence-electron chi connectivity index (χ3n) is 4.59. The van der Waals surface area contributed by atoms with E-state index in [9.17, 15) is 4.79 Å². The first kappa shape index (κ1) is 21.7. The number of anilines is 2. The van der Waals surface area contributed by atoms with Crippen LogP contribution in [0.4, 0.5) is 11.4 Å². The van der Waals surface area contributed by atoms with Gasteiger partial charge in [0.1, 0.15) is 16.7 Å². The van der Waals surface area contributed by atoms with E-state index in [1.807, 2.05) is 51.4 Å². The fraction of sp³-hybridized carbons (Fsp3) is 0.182. The summed E-state index contributed by atoms with van der Waals surface area (Å²) in [5, 5.41) is 10.1. The number of aromatic nitrogens is 2. The van der Waals surface area contributed by atoms with Crippen molar-refractivity contribution in [3.63, 3.8) is 0 Å². The Kier molecular flexibility index (Phi) is 7.03. The predicted molar refractivity (Wildman–Crippen MR) is 125 cm³/mol. The lowest BCUT2D eigenvalue weighted by molar-refractivity contribution is -0.117. The number of rotatable bonds is 7. The van der Waals surface area contributed by atoms with E-state index >= 15 is 0 Å². The topological polar surface area (TPSA) is 81.8 Å². The lowest BCUT2D eigenvalue weighted by Crippen LogP contribution is -2.25. The standard InChI is InChI=1S/C22H23Cl2N5O/c1-13(27-19(30)11-6-15-12-16(23)7-10-18(15)26-3)22-28-20(21(24)29-22)14-4-8-17(25-2)9-5-14/h4-13,25-26H,1-3H3,(H,27,30)(H,28,29)/b11-6+/t13-/m0/s1. The fourth-order valence-electron chi connectivity index (χ4n) is 2.95. The molecule has 0 aliphatic carbocycles. The van der Waals surface area contributed by atoms with Crippen LogP contribution in [0.5, 0.6) is 0 Å². The molecule has 156 valence electrons. The van der Waals surface area contributed by atoms with Gasteiger partial charge >= 0.3 is 0 Å². The summed E-state index contributed by atoms with van der Waals surface area (Å²) in [6.07, 6.45) is 3.18. The maximum absolute atomic E-state index is 12.4. The second kappa shape index (κ2) is 9.69. The number of carbonyl (C=O) groups is 1. The Balaban J connectivity index is 1.70. The van der Waals surface area contributed by atoms with E-state index in [1.165, 1.54) is 6.08 Å². The van der Waals surface area contributed by atoms with E-state index in [1.54, 1.807) is 18.2 Å². The summed E-state index contributed by atoms with van der Waals surface area (Å²) >= 11 is 12.4. The van der Waals surface area contributed by atoms with Crippen LogP contribution in [0.25, 0.3) is 17.3 Å². The minimum atomic E-state index is -0.354. The molecule has 3 aromatic rings. The molecule has 30 heavy (non-hydrogen) atoms. The van der Waals surface area contributed by atoms with Crippen molar-refractivity contribution < 1.29 is 4.79 Å². The smallest absolute Gasteiger partial charge is 0.244 e. The average molecular weight is 444 g/mol. The van der Waals surface area contributed by atoms with Gasteiger partial charge in [0.05, 0.1) is 6.04 Å². The minimum Gasteiger partial charge on any atom is -0.388 e. The molecular weight excluding hydrogens is 421 g/mol. The zero-order valence-electron chi connectivity index (χ0n) is 16.9. The number of carbonyl (C=O) groups excluding carboxylic acids is 1. The molecule has 0 aliphatic heterocycles. The lowest BCUT2D eigenvalue weighted by atomic mass is 10.1. The van der Waals surface area contributed by atoms with Crippen LogP contribution in [0.1, 0.15) is 24.4 Å². The number of hydrogen-bond acceptors (Lipinski definition) is 4. The van der Waals surface area contributed by atoms with Gasteiger partial charge in [0.25, 0.3) is 0 Å². The van der Waals surface area contributed by atoms with Gasteiger partial charge in [0.15, 0.2) is 0 Å². The molecule has 0 fully saturated rings. The molecule has 4 N–H and O–H groups in total. The molecule has 1 amide bonds. The Hall–Kier alpha value is -2.96. The molecule has 1 atom stereocenters. The normalized spacial score (nSPS) is 12.0. The van der Waals surface area contributed by atoms with Crippen LogP contribution in [0, 0.1) is 0 Å². The molecule has 1 aromatic heterocycles. The van der Waals surface area contributed by atoms with Crippen molar-refractivity contribution in [1.82, 2.24) is 15.3 Å². The first-order valence-corrected chi connectivity index (χ1v) is 10.2. The summed E-state index contributed by atoms with van der Waals surface area (Å²) in [6, 6.07) is 12.9. The van der Waals surface area contributed by atoms with Crippen molar-refractivity contribution >= 4 is 46.6 Å². The zero-order chi connectivity index (χ0) is 21.7. The summed E-state index contributed by atoms with van der Waals surface area (Å²) in [5.74, 6) is 0.324. The van der Waals surface area contributed by atoms with Crippen molar-refractivity contribution in [3.05, 3.63) is 70.1 Å². The molecule has 3 rings (SSSR count). The predicted octanol–water partition coefficient (Wildman–Crippen LogP) is 5.36. The summed E-state index contributed by atoms with van der Waals surface area (Å²) in [4.78, 5) is 20.0. The van der Waals surface area contributed by atoms with Gasteiger partial charge in [-0.3, -0.25) is 4.79 Å². The van der Waals surface area contributed by atoms with E-state index in [2.05, 4.69) is 25.9 Å². The van der Waals surface area contributed by atoms with Crippen molar-refractivity contribution in [2.24, 2.45) is 0 Å². The Labute approximate surface area is 185 Å². The zero-order valence-corrected chi connectivity index (χ0v) is 18.4. The Morgan fingerprint density at radius 1 is 1.10 bits per heavy atom. The van der Waals surface area contributed by atoms with Gasteiger partial charge in [-0.25, -0.2) is 4.98 Å². The van der Waals surface area contributed by atoms with Gasteiger partial charge < -0.3 is 20.9 Å². The van der Waals surface area contributed by atoms with Gasteiger partial charge in [-0.1, -0.05) is 35.3 Å². The number of nitrogens with zero attached hydrogens (tertiary/aromatic N) is 1. The van der Waals surface area contributed by atoms with Crippen LogP contribution in [-0.4, -0.2) is 30.0 Å². The molecule has 0 radical (unpaired) electrons. The number of amides is 1. The highest BCUT2D eigenvalue weighted by atomic mass is 35.5. The number of benzene rings is 2. The summed E-state index contributed by atoms with van der Waals surface area (Å²) < 4.78 is 0.